The van der Waals surface area contributed by atoms with Crippen LogP contribution in [0.2, 0.25) is 0 Å². The molecule has 1 aromatic rings. The van der Waals surface area contributed by atoms with Gasteiger partial charge in [0, 0.05) is 4.88 Å². The van der Waals surface area contributed by atoms with Gasteiger partial charge in [-0.15, -0.1) is 11.3 Å². The number of likely N-dealkylation sites (N-methyl/N-ethyl adjacent to an activating group) is 1. The number of amides is 1. The highest BCUT2D eigenvalue weighted by molar-refractivity contribution is 7.17. The summed E-state index contributed by atoms with van der Waals surface area (Å²) in [6.07, 6.45) is 2.92. The molecule has 24 heavy (non-hydrogen) atoms. The van der Waals surface area contributed by atoms with Crippen LogP contribution >= 0.6 is 11.3 Å². The van der Waals surface area contributed by atoms with Crippen LogP contribution in [0.4, 0.5) is 5.00 Å². The summed E-state index contributed by atoms with van der Waals surface area (Å²) in [5.74, 6) is 0.226. The molecular formula is C18H28N2O3S. The number of fused-ring (bicyclic) bond motifs is 1. The molecule has 1 N–H and O–H groups in total. The molecule has 134 valence electrons. The van der Waals surface area contributed by atoms with Crippen LogP contribution in [0.5, 0.6) is 0 Å². The Morgan fingerprint density at radius 3 is 2.62 bits per heavy atom. The van der Waals surface area contributed by atoms with Crippen molar-refractivity contribution >= 4 is 28.2 Å². The smallest absolute Gasteiger partial charge is 0.341 e. The van der Waals surface area contributed by atoms with Crippen molar-refractivity contribution < 1.29 is 14.3 Å². The Balaban J connectivity index is 2.24. The third-order valence-electron chi connectivity index (χ3n) is 4.51. The number of carbonyl (C=O) groups is 2. The monoisotopic (exact) mass is 352 g/mol. The Hall–Kier alpha value is -1.40. The van der Waals surface area contributed by atoms with Gasteiger partial charge < -0.3 is 10.1 Å². The van der Waals surface area contributed by atoms with E-state index >= 15 is 0 Å². The number of ether oxygens (including phenoxy) is 1. The van der Waals surface area contributed by atoms with E-state index in [-0.39, 0.29) is 11.9 Å². The number of nitrogens with zero attached hydrogens (tertiary/aromatic N) is 1. The summed E-state index contributed by atoms with van der Waals surface area (Å²) < 4.78 is 5.23. The Kier molecular flexibility index (Phi) is 6.80. The van der Waals surface area contributed by atoms with Crippen LogP contribution in [-0.4, -0.2) is 43.0 Å². The van der Waals surface area contributed by atoms with Crippen molar-refractivity contribution in [1.29, 1.82) is 0 Å². The molecule has 1 amide bonds. The number of esters is 1. The van der Waals surface area contributed by atoms with E-state index < -0.39 is 0 Å². The van der Waals surface area contributed by atoms with Gasteiger partial charge in [0.05, 0.1) is 18.7 Å². The Morgan fingerprint density at radius 1 is 1.29 bits per heavy atom. The number of carbonyl (C=O) groups excluding carboxylic acids is 2. The molecule has 1 heterocycles. The van der Waals surface area contributed by atoms with Crippen LogP contribution in [-0.2, 0) is 22.4 Å². The lowest BCUT2D eigenvalue weighted by Gasteiger charge is -2.18. The molecule has 1 atom stereocenters. The fraction of sp³-hybridized carbons (Fsp3) is 0.667. The fourth-order valence-electron chi connectivity index (χ4n) is 3.07. The van der Waals surface area contributed by atoms with Crippen molar-refractivity contribution in [3.8, 4) is 0 Å². The van der Waals surface area contributed by atoms with Crippen molar-refractivity contribution in [2.75, 3.05) is 31.6 Å². The largest absolute Gasteiger partial charge is 0.462 e. The van der Waals surface area contributed by atoms with Gasteiger partial charge in [-0.25, -0.2) is 4.79 Å². The van der Waals surface area contributed by atoms with Crippen molar-refractivity contribution in [2.45, 2.75) is 47.0 Å². The zero-order valence-electron chi connectivity index (χ0n) is 15.1. The van der Waals surface area contributed by atoms with Crippen LogP contribution in [0.3, 0.4) is 0 Å². The van der Waals surface area contributed by atoms with E-state index in [1.807, 2.05) is 13.8 Å². The Labute approximate surface area is 148 Å². The molecule has 0 saturated heterocycles. The normalized spacial score (nSPS) is 16.8. The quantitative estimate of drug-likeness (QED) is 0.765. The van der Waals surface area contributed by atoms with Crippen LogP contribution in [0.15, 0.2) is 0 Å². The van der Waals surface area contributed by atoms with Crippen LogP contribution in [0, 0.1) is 5.92 Å². The van der Waals surface area contributed by atoms with Gasteiger partial charge in [0.15, 0.2) is 0 Å². The van der Waals surface area contributed by atoms with Gasteiger partial charge >= 0.3 is 5.97 Å². The Bertz CT molecular complexity index is 593. The highest BCUT2D eigenvalue weighted by Gasteiger charge is 2.29. The second-order valence-electron chi connectivity index (χ2n) is 6.29. The molecule has 0 radical (unpaired) electrons. The number of nitrogens with one attached hydrogen (secondary N) is 1. The number of hydrogen-bond acceptors (Lipinski definition) is 5. The summed E-state index contributed by atoms with van der Waals surface area (Å²) in [6.45, 7) is 10.4. The van der Waals surface area contributed by atoms with E-state index in [9.17, 15) is 9.59 Å². The summed E-state index contributed by atoms with van der Waals surface area (Å²) in [5.41, 5.74) is 1.66. The summed E-state index contributed by atoms with van der Waals surface area (Å²) in [4.78, 5) is 28.0. The maximum Gasteiger partial charge on any atom is 0.341 e. The summed E-state index contributed by atoms with van der Waals surface area (Å²) in [7, 11) is 0. The summed E-state index contributed by atoms with van der Waals surface area (Å²) in [6, 6.07) is 0. The van der Waals surface area contributed by atoms with Gasteiger partial charge in [0.25, 0.3) is 0 Å². The lowest BCUT2D eigenvalue weighted by molar-refractivity contribution is -0.117. The predicted octanol–water partition coefficient (Wildman–Crippen LogP) is 3.33. The van der Waals surface area contributed by atoms with Gasteiger partial charge in [-0.05, 0) is 50.8 Å². The first-order valence-corrected chi connectivity index (χ1v) is 9.65. The molecule has 0 aromatic carbocycles. The van der Waals surface area contributed by atoms with E-state index in [0.29, 0.717) is 29.6 Å². The van der Waals surface area contributed by atoms with Gasteiger partial charge in [-0.3, -0.25) is 9.69 Å². The summed E-state index contributed by atoms with van der Waals surface area (Å²) >= 11 is 1.54. The SMILES string of the molecule is CCOC(=O)c1c(NC(=O)CN(CC)CC)sc2c1CC[C@H](C)C2. The van der Waals surface area contributed by atoms with Crippen molar-refractivity contribution in [3.63, 3.8) is 0 Å². The Morgan fingerprint density at radius 2 is 2.00 bits per heavy atom. The van der Waals surface area contributed by atoms with E-state index in [1.54, 1.807) is 6.92 Å². The molecule has 0 aliphatic heterocycles. The van der Waals surface area contributed by atoms with Gasteiger partial charge in [0.1, 0.15) is 5.00 Å². The third-order valence-corrected chi connectivity index (χ3v) is 5.68. The minimum absolute atomic E-state index is 0.0732. The number of hydrogen-bond donors (Lipinski definition) is 1. The molecule has 0 spiro atoms. The van der Waals surface area contributed by atoms with Crippen molar-refractivity contribution in [3.05, 3.63) is 16.0 Å². The van der Waals surface area contributed by atoms with E-state index in [1.165, 1.54) is 16.2 Å². The first-order chi connectivity index (χ1) is 11.5. The topological polar surface area (TPSA) is 58.6 Å². The van der Waals surface area contributed by atoms with E-state index in [0.717, 1.165) is 37.9 Å². The van der Waals surface area contributed by atoms with E-state index in [2.05, 4.69) is 17.1 Å². The van der Waals surface area contributed by atoms with Crippen molar-refractivity contribution in [1.82, 2.24) is 4.90 Å². The minimum atomic E-state index is -0.317. The first kappa shape index (κ1) is 18.9. The zero-order chi connectivity index (χ0) is 17.7. The predicted molar refractivity (Wildman–Crippen MR) is 97.9 cm³/mol. The molecule has 0 bridgehead atoms. The average Bonchev–Trinajstić information content (AvgIpc) is 2.89. The van der Waals surface area contributed by atoms with Gasteiger partial charge in [-0.2, -0.15) is 0 Å². The fourth-order valence-corrected chi connectivity index (χ4v) is 4.49. The lowest BCUT2D eigenvalue weighted by atomic mass is 9.88. The zero-order valence-corrected chi connectivity index (χ0v) is 15.9. The summed E-state index contributed by atoms with van der Waals surface area (Å²) in [5, 5.41) is 3.62. The molecule has 1 aromatic heterocycles. The lowest BCUT2D eigenvalue weighted by Crippen LogP contribution is -2.33. The van der Waals surface area contributed by atoms with Crippen molar-refractivity contribution in [2.24, 2.45) is 5.92 Å². The number of rotatable bonds is 7. The van der Waals surface area contributed by atoms with Gasteiger partial charge in [-0.1, -0.05) is 20.8 Å². The molecule has 2 rings (SSSR count). The van der Waals surface area contributed by atoms with Crippen LogP contribution < -0.4 is 5.32 Å². The minimum Gasteiger partial charge on any atom is -0.462 e. The molecular weight excluding hydrogens is 324 g/mol. The van der Waals surface area contributed by atoms with Crippen LogP contribution in [0.1, 0.15) is 54.9 Å². The first-order valence-electron chi connectivity index (χ1n) is 8.83. The molecule has 5 nitrogen and oxygen atoms in total. The van der Waals surface area contributed by atoms with Crippen LogP contribution in [0.25, 0.3) is 0 Å². The van der Waals surface area contributed by atoms with Gasteiger partial charge in [0.2, 0.25) is 5.91 Å². The molecule has 1 aliphatic rings. The molecule has 0 saturated carbocycles. The molecule has 0 unspecified atom stereocenters. The standard InChI is InChI=1S/C18H28N2O3S/c1-5-20(6-2)11-15(21)19-17-16(18(22)23-7-3)13-9-8-12(4)10-14(13)24-17/h12H,5-11H2,1-4H3,(H,19,21)/t12-/m0/s1. The highest BCUT2D eigenvalue weighted by Crippen LogP contribution is 2.40. The molecule has 1 aliphatic carbocycles. The van der Waals surface area contributed by atoms with E-state index in [4.69, 9.17) is 4.74 Å². The second kappa shape index (κ2) is 8.62. The maximum absolute atomic E-state index is 12.4. The third kappa shape index (κ3) is 4.36. The maximum atomic E-state index is 12.4. The number of anilines is 1. The number of thiophene rings is 1. The highest BCUT2D eigenvalue weighted by atomic mass is 32.1. The second-order valence-corrected chi connectivity index (χ2v) is 7.39. The molecule has 6 heteroatoms. The molecule has 0 fully saturated rings. The average molecular weight is 353 g/mol.